The molecular weight excluding hydrogens is 380 g/mol. The van der Waals surface area contributed by atoms with Crippen molar-refractivity contribution in [2.45, 2.75) is 26.2 Å². The van der Waals surface area contributed by atoms with Crippen LogP contribution in [0.1, 0.15) is 42.4 Å². The van der Waals surface area contributed by atoms with Crippen LogP contribution in [-0.4, -0.2) is 43.0 Å². The fourth-order valence-corrected chi connectivity index (χ4v) is 3.22. The number of rotatable bonds is 4. The van der Waals surface area contributed by atoms with Crippen molar-refractivity contribution < 1.29 is 9.59 Å². The van der Waals surface area contributed by atoms with Gasteiger partial charge in [0.05, 0.1) is 5.69 Å². The van der Waals surface area contributed by atoms with E-state index in [-0.39, 0.29) is 23.8 Å². The van der Waals surface area contributed by atoms with Crippen molar-refractivity contribution in [3.05, 3.63) is 72.2 Å². The van der Waals surface area contributed by atoms with Crippen LogP contribution in [0.3, 0.4) is 0 Å². The number of hydrogen-bond acceptors (Lipinski definition) is 5. The first kappa shape index (κ1) is 19.5. The third kappa shape index (κ3) is 3.47. The van der Waals surface area contributed by atoms with Crippen LogP contribution >= 0.6 is 0 Å². The Morgan fingerprint density at radius 1 is 1.10 bits per heavy atom. The number of fused-ring (bicyclic) bond motifs is 1. The second-order valence-corrected chi connectivity index (χ2v) is 8.06. The minimum atomic E-state index is -0.366. The Morgan fingerprint density at radius 2 is 1.77 bits per heavy atom. The predicted octanol–water partition coefficient (Wildman–Crippen LogP) is 3.03. The second-order valence-electron chi connectivity index (χ2n) is 8.06. The third-order valence-corrected chi connectivity index (χ3v) is 4.83. The predicted molar refractivity (Wildman–Crippen MR) is 113 cm³/mol. The van der Waals surface area contributed by atoms with E-state index in [1.54, 1.807) is 36.7 Å². The summed E-state index contributed by atoms with van der Waals surface area (Å²) in [7, 11) is 0. The van der Waals surface area contributed by atoms with Crippen LogP contribution in [-0.2, 0) is 10.2 Å². The summed E-state index contributed by atoms with van der Waals surface area (Å²) in [6.45, 7) is 9.91. The van der Waals surface area contributed by atoms with Gasteiger partial charge < -0.3 is 5.32 Å². The van der Waals surface area contributed by atoms with E-state index in [1.807, 2.05) is 32.9 Å². The van der Waals surface area contributed by atoms with E-state index in [0.29, 0.717) is 23.0 Å². The average Bonchev–Trinajstić information content (AvgIpc) is 3.24. The van der Waals surface area contributed by atoms with E-state index >= 15 is 0 Å². The summed E-state index contributed by atoms with van der Waals surface area (Å²) in [6, 6.07) is 10.7. The molecule has 4 rings (SSSR count). The number of nitrogens with one attached hydrogen (secondary N) is 1. The summed E-state index contributed by atoms with van der Waals surface area (Å²) in [5.74, 6) is 0.180. The van der Waals surface area contributed by atoms with Crippen LogP contribution in [0.25, 0.3) is 11.6 Å². The number of carbonyl (C=O) groups excluding carboxylic acids is 2. The molecule has 0 saturated heterocycles. The van der Waals surface area contributed by atoms with Crippen molar-refractivity contribution >= 4 is 23.3 Å². The topological polar surface area (TPSA) is 93.0 Å². The van der Waals surface area contributed by atoms with Gasteiger partial charge in [0.25, 0.3) is 11.9 Å². The minimum Gasteiger partial charge on any atom is -0.309 e. The summed E-state index contributed by atoms with van der Waals surface area (Å²) in [5, 5.41) is 7.42. The van der Waals surface area contributed by atoms with E-state index in [9.17, 15) is 9.59 Å². The van der Waals surface area contributed by atoms with Crippen molar-refractivity contribution in [3.8, 4) is 5.95 Å². The fourth-order valence-electron chi connectivity index (χ4n) is 3.22. The smallest absolute Gasteiger partial charge is 0.259 e. The number of aromatic nitrogens is 4. The molecule has 152 valence electrons. The molecule has 0 radical (unpaired) electrons. The van der Waals surface area contributed by atoms with Gasteiger partial charge in [0.1, 0.15) is 12.4 Å². The van der Waals surface area contributed by atoms with Gasteiger partial charge in [0.2, 0.25) is 5.91 Å². The van der Waals surface area contributed by atoms with Crippen molar-refractivity contribution in [1.82, 2.24) is 24.6 Å². The molecule has 0 atom stereocenters. The molecular formula is C22H22N6O2. The first-order valence-corrected chi connectivity index (χ1v) is 9.53. The van der Waals surface area contributed by atoms with Gasteiger partial charge in [-0.25, -0.2) is 9.97 Å². The Balaban J connectivity index is 1.59. The molecule has 0 saturated carbocycles. The number of nitrogens with zero attached hydrogens (tertiary/aromatic N) is 5. The Labute approximate surface area is 174 Å². The first-order chi connectivity index (χ1) is 14.3. The zero-order valence-electron chi connectivity index (χ0n) is 17.1. The molecule has 0 spiro atoms. The molecule has 1 aliphatic rings. The van der Waals surface area contributed by atoms with Gasteiger partial charge in [-0.05, 0) is 12.1 Å². The Kier molecular flexibility index (Phi) is 4.69. The molecule has 3 heterocycles. The summed E-state index contributed by atoms with van der Waals surface area (Å²) in [4.78, 5) is 35.3. The van der Waals surface area contributed by atoms with Gasteiger partial charge in [-0.1, -0.05) is 45.5 Å². The highest BCUT2D eigenvalue weighted by atomic mass is 16.2. The van der Waals surface area contributed by atoms with Crippen LogP contribution in [0.2, 0.25) is 0 Å². The van der Waals surface area contributed by atoms with E-state index in [4.69, 9.17) is 0 Å². The molecule has 30 heavy (non-hydrogen) atoms. The van der Waals surface area contributed by atoms with Crippen molar-refractivity contribution in [1.29, 1.82) is 0 Å². The molecule has 1 aliphatic heterocycles. The van der Waals surface area contributed by atoms with Crippen molar-refractivity contribution in [2.75, 3.05) is 11.9 Å². The van der Waals surface area contributed by atoms with Crippen molar-refractivity contribution in [2.24, 2.45) is 0 Å². The molecule has 0 aliphatic carbocycles. The lowest BCUT2D eigenvalue weighted by Crippen LogP contribution is -2.33. The monoisotopic (exact) mass is 402 g/mol. The molecule has 0 fully saturated rings. The third-order valence-electron chi connectivity index (χ3n) is 4.83. The van der Waals surface area contributed by atoms with Gasteiger partial charge in [-0.2, -0.15) is 9.78 Å². The Hall–Kier alpha value is -3.81. The zero-order valence-corrected chi connectivity index (χ0v) is 17.1. The maximum Gasteiger partial charge on any atom is 0.259 e. The molecule has 0 bridgehead atoms. The second kappa shape index (κ2) is 7.22. The number of benzene rings is 1. The van der Waals surface area contributed by atoms with Crippen LogP contribution in [0, 0.1) is 0 Å². The highest BCUT2D eigenvalue weighted by Crippen LogP contribution is 2.31. The largest absolute Gasteiger partial charge is 0.309 e. The first-order valence-electron chi connectivity index (χ1n) is 9.53. The van der Waals surface area contributed by atoms with E-state index in [0.717, 1.165) is 11.3 Å². The molecule has 1 N–H and O–H groups in total. The maximum absolute atomic E-state index is 12.8. The molecule has 2 amide bonds. The lowest BCUT2D eigenvalue weighted by molar-refractivity contribution is -0.116. The minimum absolute atomic E-state index is 0.155. The summed E-state index contributed by atoms with van der Waals surface area (Å²) < 4.78 is 1.49. The summed E-state index contributed by atoms with van der Waals surface area (Å²) >= 11 is 0. The highest BCUT2D eigenvalue weighted by molar-refractivity contribution is 6.11. The lowest BCUT2D eigenvalue weighted by atomic mass is 9.92. The van der Waals surface area contributed by atoms with Gasteiger partial charge in [-0.15, -0.1) is 0 Å². The Morgan fingerprint density at radius 3 is 2.40 bits per heavy atom. The number of hydrogen-bond donors (Lipinski definition) is 1. The van der Waals surface area contributed by atoms with E-state index in [1.165, 1.54) is 9.58 Å². The van der Waals surface area contributed by atoms with Crippen LogP contribution < -0.4 is 5.32 Å². The molecule has 8 nitrogen and oxygen atoms in total. The van der Waals surface area contributed by atoms with Crippen molar-refractivity contribution in [3.63, 3.8) is 0 Å². The highest BCUT2D eigenvalue weighted by Gasteiger charge is 2.32. The van der Waals surface area contributed by atoms with Crippen LogP contribution in [0.15, 0.2) is 55.4 Å². The fraction of sp³-hybridized carbons (Fsp3) is 0.227. The van der Waals surface area contributed by atoms with Crippen LogP contribution in [0.5, 0.6) is 0 Å². The number of carbonyl (C=O) groups is 2. The van der Waals surface area contributed by atoms with Gasteiger partial charge in [-0.3, -0.25) is 14.5 Å². The quantitative estimate of drug-likeness (QED) is 0.724. The molecule has 0 unspecified atom stereocenters. The SMILES string of the molecule is C=C1c2ccccc2C(=O)N1CC(=O)Nc1cc(C(C)(C)C)nn1-c1ncccn1. The number of anilines is 1. The molecule has 2 aromatic heterocycles. The summed E-state index contributed by atoms with van der Waals surface area (Å²) in [6.07, 6.45) is 3.22. The zero-order chi connectivity index (χ0) is 21.5. The molecule has 8 heteroatoms. The maximum atomic E-state index is 12.8. The normalized spacial score (nSPS) is 13.5. The van der Waals surface area contributed by atoms with Gasteiger partial charge in [0.15, 0.2) is 0 Å². The van der Waals surface area contributed by atoms with E-state index < -0.39 is 0 Å². The van der Waals surface area contributed by atoms with Gasteiger partial charge in [0, 0.05) is 40.7 Å². The number of amides is 2. The average molecular weight is 402 g/mol. The molecule has 3 aromatic rings. The van der Waals surface area contributed by atoms with Gasteiger partial charge >= 0.3 is 0 Å². The summed E-state index contributed by atoms with van der Waals surface area (Å²) in [5.41, 5.74) is 2.35. The lowest BCUT2D eigenvalue weighted by Gasteiger charge is -2.17. The van der Waals surface area contributed by atoms with Crippen LogP contribution in [0.4, 0.5) is 5.82 Å². The molecule has 1 aromatic carbocycles. The van der Waals surface area contributed by atoms with E-state index in [2.05, 4.69) is 27.0 Å². The Bertz CT molecular complexity index is 1110. The standard InChI is InChI=1S/C22H22N6O2/c1-14-15-8-5-6-9-16(15)20(30)27(14)13-19(29)25-18-12-17(22(2,3)4)26-28(18)21-23-10-7-11-24-21/h5-12H,1,13H2,2-4H3,(H,25,29).